The molecule has 0 saturated heterocycles. The molecular formula is C29H50O4. The fraction of sp³-hybridized carbons (Fsp3) is 0.862. The lowest BCUT2D eigenvalue weighted by Gasteiger charge is -2.50. The molecule has 0 radical (unpaired) electrons. The van der Waals surface area contributed by atoms with E-state index < -0.39 is 11.2 Å². The minimum absolute atomic E-state index is 0.0782. The van der Waals surface area contributed by atoms with E-state index in [2.05, 4.69) is 26.0 Å². The maximum atomic E-state index is 12.0. The van der Waals surface area contributed by atoms with Crippen LogP contribution in [-0.2, 0) is 0 Å². The molecule has 0 unspecified atom stereocenters. The minimum atomic E-state index is -0.714. The van der Waals surface area contributed by atoms with E-state index in [0.29, 0.717) is 17.8 Å². The Morgan fingerprint density at radius 1 is 1.12 bits per heavy atom. The van der Waals surface area contributed by atoms with Crippen LogP contribution < -0.4 is 0 Å². The van der Waals surface area contributed by atoms with Crippen molar-refractivity contribution in [2.45, 2.75) is 128 Å². The molecule has 0 aliphatic heterocycles. The average Bonchev–Trinajstić information content (AvgIpc) is 3.02. The van der Waals surface area contributed by atoms with Gasteiger partial charge in [0, 0.05) is 12.0 Å². The number of hydrogen-bond acceptors (Lipinski definition) is 4. The zero-order chi connectivity index (χ0) is 24.3. The number of rotatable bonds is 9. The van der Waals surface area contributed by atoms with Gasteiger partial charge in [0.25, 0.3) is 0 Å². The van der Waals surface area contributed by atoms with Crippen molar-refractivity contribution in [1.82, 2.24) is 0 Å². The largest absolute Gasteiger partial charge is 0.396 e. The average molecular weight is 463 g/mol. The van der Waals surface area contributed by atoms with Crippen molar-refractivity contribution in [2.75, 3.05) is 6.61 Å². The molecule has 33 heavy (non-hydrogen) atoms. The molecule has 0 spiro atoms. The Hall–Kier alpha value is -0.680. The van der Waals surface area contributed by atoms with E-state index in [1.165, 1.54) is 11.1 Å². The summed E-state index contributed by atoms with van der Waals surface area (Å²) in [4.78, 5) is 0. The Morgan fingerprint density at radius 2 is 1.88 bits per heavy atom. The monoisotopic (exact) mass is 462 g/mol. The molecule has 3 fully saturated rings. The maximum absolute atomic E-state index is 12.0. The van der Waals surface area contributed by atoms with Gasteiger partial charge in [0.1, 0.15) is 0 Å². The van der Waals surface area contributed by atoms with Crippen LogP contribution in [0.25, 0.3) is 0 Å². The molecule has 3 rings (SSSR count). The SMILES string of the molecule is C[C@H](CCCC(C)(C)O)[C@H]1CC[C@]2(O)/C(=C/C=C3/CC[C@H](CCCO)[C@H](O)C3)CCC[C@]12C. The lowest BCUT2D eigenvalue weighted by atomic mass is 9.58. The van der Waals surface area contributed by atoms with Crippen molar-refractivity contribution in [1.29, 1.82) is 0 Å². The van der Waals surface area contributed by atoms with Crippen LogP contribution in [0.2, 0.25) is 0 Å². The first kappa shape index (κ1) is 26.9. The summed E-state index contributed by atoms with van der Waals surface area (Å²) in [6, 6.07) is 0. The van der Waals surface area contributed by atoms with Gasteiger partial charge in [-0.25, -0.2) is 0 Å². The zero-order valence-corrected chi connectivity index (χ0v) is 21.7. The summed E-state index contributed by atoms with van der Waals surface area (Å²) in [6.45, 7) is 8.66. The Labute approximate surface area is 202 Å². The van der Waals surface area contributed by atoms with Crippen molar-refractivity contribution in [3.63, 3.8) is 0 Å². The topological polar surface area (TPSA) is 80.9 Å². The molecule has 0 aromatic heterocycles. The number of aliphatic hydroxyl groups excluding tert-OH is 2. The minimum Gasteiger partial charge on any atom is -0.396 e. The van der Waals surface area contributed by atoms with Crippen molar-refractivity contribution in [2.24, 2.45) is 23.2 Å². The summed E-state index contributed by atoms with van der Waals surface area (Å²) in [5, 5.41) is 41.7. The molecule has 0 bridgehead atoms. The van der Waals surface area contributed by atoms with Crippen LogP contribution in [0.1, 0.15) is 111 Å². The van der Waals surface area contributed by atoms with Crippen LogP contribution >= 0.6 is 0 Å². The molecule has 3 aliphatic carbocycles. The van der Waals surface area contributed by atoms with Crippen molar-refractivity contribution >= 4 is 0 Å². The van der Waals surface area contributed by atoms with Crippen LogP contribution in [0.3, 0.4) is 0 Å². The standard InChI is InChI=1S/C29H50O4/c1-21(8-5-16-27(2,3)32)25-15-18-29(33)24(10-6-17-28(25,29)4)14-12-22-11-13-23(9-7-19-30)26(31)20-22/h12,14,21,23,25-26,30-33H,5-11,13,15-20H2,1-4H3/b22-12-,24-14+/t21-,23+,25-,26-,28-,29+/m1/s1. The highest BCUT2D eigenvalue weighted by atomic mass is 16.3. The Balaban J connectivity index is 1.67. The third-order valence-corrected chi connectivity index (χ3v) is 9.49. The Bertz CT molecular complexity index is 705. The molecule has 0 amide bonds. The van der Waals surface area contributed by atoms with Crippen molar-refractivity contribution in [3.8, 4) is 0 Å². The van der Waals surface area contributed by atoms with Gasteiger partial charge in [0.2, 0.25) is 0 Å². The first-order valence-electron chi connectivity index (χ1n) is 13.6. The van der Waals surface area contributed by atoms with E-state index >= 15 is 0 Å². The second-order valence-electron chi connectivity index (χ2n) is 12.4. The second-order valence-corrected chi connectivity index (χ2v) is 12.4. The molecule has 0 heterocycles. The third-order valence-electron chi connectivity index (χ3n) is 9.49. The van der Waals surface area contributed by atoms with Crippen LogP contribution in [-0.4, -0.2) is 44.3 Å². The Morgan fingerprint density at radius 3 is 2.55 bits per heavy atom. The maximum Gasteiger partial charge on any atom is 0.0915 e. The predicted octanol–water partition coefficient (Wildman–Crippen LogP) is 5.68. The van der Waals surface area contributed by atoms with E-state index in [4.69, 9.17) is 5.11 Å². The molecule has 4 heteroatoms. The van der Waals surface area contributed by atoms with E-state index in [1.54, 1.807) is 0 Å². The van der Waals surface area contributed by atoms with Crippen LogP contribution in [0, 0.1) is 23.2 Å². The number of aliphatic hydroxyl groups is 4. The van der Waals surface area contributed by atoms with Gasteiger partial charge in [-0.3, -0.25) is 0 Å². The van der Waals surface area contributed by atoms with E-state index in [9.17, 15) is 15.3 Å². The molecular weight excluding hydrogens is 412 g/mol. The summed E-state index contributed by atoms with van der Waals surface area (Å²) in [6.07, 6.45) is 16.6. The van der Waals surface area contributed by atoms with Gasteiger partial charge in [-0.2, -0.15) is 0 Å². The number of fused-ring (bicyclic) bond motifs is 1. The third kappa shape index (κ3) is 6.12. The molecule has 190 valence electrons. The van der Waals surface area contributed by atoms with E-state index in [1.807, 2.05) is 13.8 Å². The van der Waals surface area contributed by atoms with Crippen LogP contribution in [0.15, 0.2) is 23.3 Å². The molecule has 4 N–H and O–H groups in total. The van der Waals surface area contributed by atoms with E-state index in [0.717, 1.165) is 83.5 Å². The molecule has 0 aromatic rings. The summed E-state index contributed by atoms with van der Waals surface area (Å²) in [5.74, 6) is 1.37. The highest BCUT2D eigenvalue weighted by Gasteiger charge is 2.59. The molecule has 3 saturated carbocycles. The molecule has 0 aromatic carbocycles. The van der Waals surface area contributed by atoms with Crippen molar-refractivity contribution in [3.05, 3.63) is 23.3 Å². The predicted molar refractivity (Wildman–Crippen MR) is 135 cm³/mol. The van der Waals surface area contributed by atoms with Crippen molar-refractivity contribution < 1.29 is 20.4 Å². The lowest BCUT2D eigenvalue weighted by Crippen LogP contribution is -2.50. The first-order valence-corrected chi connectivity index (χ1v) is 13.6. The first-order chi connectivity index (χ1) is 15.5. The highest BCUT2D eigenvalue weighted by Crippen LogP contribution is 2.62. The molecule has 3 aliphatic rings. The van der Waals surface area contributed by atoms with Gasteiger partial charge in [0.05, 0.1) is 17.3 Å². The fourth-order valence-electron chi connectivity index (χ4n) is 7.40. The normalized spacial score (nSPS) is 38.6. The van der Waals surface area contributed by atoms with Crippen LogP contribution in [0.4, 0.5) is 0 Å². The number of allylic oxidation sites excluding steroid dienone is 2. The summed E-state index contributed by atoms with van der Waals surface area (Å²) in [5.41, 5.74) is 1.10. The van der Waals surface area contributed by atoms with Gasteiger partial charge in [-0.15, -0.1) is 0 Å². The smallest absolute Gasteiger partial charge is 0.0915 e. The molecule has 4 nitrogen and oxygen atoms in total. The van der Waals surface area contributed by atoms with Gasteiger partial charge in [0.15, 0.2) is 0 Å². The summed E-state index contributed by atoms with van der Waals surface area (Å²) in [7, 11) is 0. The second kappa shape index (κ2) is 10.9. The van der Waals surface area contributed by atoms with E-state index in [-0.39, 0.29) is 18.1 Å². The van der Waals surface area contributed by atoms with Gasteiger partial charge < -0.3 is 20.4 Å². The van der Waals surface area contributed by atoms with Gasteiger partial charge in [-0.1, -0.05) is 44.4 Å². The van der Waals surface area contributed by atoms with Crippen LogP contribution in [0.5, 0.6) is 0 Å². The zero-order valence-electron chi connectivity index (χ0n) is 21.7. The summed E-state index contributed by atoms with van der Waals surface area (Å²) >= 11 is 0. The van der Waals surface area contributed by atoms with Gasteiger partial charge in [-0.05, 0) is 108 Å². The fourth-order valence-corrected chi connectivity index (χ4v) is 7.40. The number of hydrogen-bond donors (Lipinski definition) is 4. The van der Waals surface area contributed by atoms with Gasteiger partial charge >= 0.3 is 0 Å². The lowest BCUT2D eigenvalue weighted by molar-refractivity contribution is -0.0700. The summed E-state index contributed by atoms with van der Waals surface area (Å²) < 4.78 is 0. The molecule has 6 atom stereocenters. The quantitative estimate of drug-likeness (QED) is 0.355. The highest BCUT2D eigenvalue weighted by molar-refractivity contribution is 5.33. The Kier molecular flexibility index (Phi) is 8.92.